The summed E-state index contributed by atoms with van der Waals surface area (Å²) in [7, 11) is 3.40. The molecule has 1 atom stereocenters. The van der Waals surface area contributed by atoms with E-state index in [-0.39, 0.29) is 6.10 Å². The molecular formula is C10H16O2. The molecule has 0 N–H and O–H groups in total. The fourth-order valence-electron chi connectivity index (χ4n) is 1.36. The Hall–Kier alpha value is -0.760. The average molecular weight is 168 g/mol. The van der Waals surface area contributed by atoms with Crippen molar-refractivity contribution < 1.29 is 9.47 Å². The molecule has 1 rings (SSSR count). The van der Waals surface area contributed by atoms with Crippen LogP contribution in [0.2, 0.25) is 0 Å². The average Bonchev–Trinajstić information content (AvgIpc) is 2.09. The standard InChI is InChI=1S/C10H16O2/c1-7-5-9(11-3)10(12-4)6-8(7)2/h5,10H,6H2,1-4H3. The molecule has 0 radical (unpaired) electrons. The first-order chi connectivity index (χ1) is 5.69. The number of allylic oxidation sites excluding steroid dienone is 2. The van der Waals surface area contributed by atoms with Crippen LogP contribution in [0.4, 0.5) is 0 Å². The summed E-state index contributed by atoms with van der Waals surface area (Å²) in [5.74, 6) is 0.931. The smallest absolute Gasteiger partial charge is 0.125 e. The number of hydrogen-bond donors (Lipinski definition) is 0. The molecule has 0 heterocycles. The van der Waals surface area contributed by atoms with Crippen molar-refractivity contribution in [2.75, 3.05) is 14.2 Å². The predicted molar refractivity (Wildman–Crippen MR) is 48.9 cm³/mol. The van der Waals surface area contributed by atoms with Crippen LogP contribution in [0, 0.1) is 0 Å². The van der Waals surface area contributed by atoms with Gasteiger partial charge in [0.2, 0.25) is 0 Å². The molecule has 2 nitrogen and oxygen atoms in total. The lowest BCUT2D eigenvalue weighted by atomic mass is 9.96. The second kappa shape index (κ2) is 3.76. The molecule has 12 heavy (non-hydrogen) atoms. The minimum Gasteiger partial charge on any atom is -0.498 e. The van der Waals surface area contributed by atoms with Gasteiger partial charge in [-0.1, -0.05) is 5.57 Å². The molecule has 1 aliphatic rings. The summed E-state index contributed by atoms with van der Waals surface area (Å²) in [6.07, 6.45) is 3.10. The Balaban J connectivity index is 2.85. The van der Waals surface area contributed by atoms with E-state index in [1.165, 1.54) is 11.1 Å². The van der Waals surface area contributed by atoms with Crippen LogP contribution in [0.25, 0.3) is 0 Å². The normalized spacial score (nSPS) is 24.0. The first kappa shape index (κ1) is 9.33. The lowest BCUT2D eigenvalue weighted by Gasteiger charge is -2.23. The molecule has 0 amide bonds. The van der Waals surface area contributed by atoms with E-state index in [1.807, 2.05) is 6.08 Å². The molecule has 1 aliphatic carbocycles. The third-order valence-electron chi connectivity index (χ3n) is 2.36. The van der Waals surface area contributed by atoms with Crippen molar-refractivity contribution in [2.24, 2.45) is 0 Å². The summed E-state index contributed by atoms with van der Waals surface area (Å²) in [5, 5.41) is 0. The molecule has 0 saturated heterocycles. The van der Waals surface area contributed by atoms with E-state index in [4.69, 9.17) is 9.47 Å². The van der Waals surface area contributed by atoms with Gasteiger partial charge in [-0.15, -0.1) is 0 Å². The summed E-state index contributed by atoms with van der Waals surface area (Å²) in [6.45, 7) is 4.23. The predicted octanol–water partition coefficient (Wildman–Crippen LogP) is 2.27. The highest BCUT2D eigenvalue weighted by molar-refractivity contribution is 5.31. The van der Waals surface area contributed by atoms with Gasteiger partial charge >= 0.3 is 0 Å². The Bertz CT molecular complexity index is 226. The molecule has 0 spiro atoms. The molecule has 0 aromatic heterocycles. The summed E-state index contributed by atoms with van der Waals surface area (Å²) in [6, 6.07) is 0. The van der Waals surface area contributed by atoms with Gasteiger partial charge in [0, 0.05) is 13.5 Å². The quantitative estimate of drug-likeness (QED) is 0.629. The van der Waals surface area contributed by atoms with E-state index in [0.717, 1.165) is 12.2 Å². The Morgan fingerprint density at radius 1 is 1.33 bits per heavy atom. The molecule has 0 aromatic rings. The first-order valence-electron chi connectivity index (χ1n) is 4.13. The van der Waals surface area contributed by atoms with Crippen molar-refractivity contribution in [3.63, 3.8) is 0 Å². The number of ether oxygens (including phenoxy) is 2. The maximum atomic E-state index is 5.29. The maximum Gasteiger partial charge on any atom is 0.125 e. The van der Waals surface area contributed by atoms with Crippen LogP contribution in [0.3, 0.4) is 0 Å². The van der Waals surface area contributed by atoms with Crippen LogP contribution < -0.4 is 0 Å². The van der Waals surface area contributed by atoms with Gasteiger partial charge in [0.25, 0.3) is 0 Å². The molecule has 1 unspecified atom stereocenters. The fourth-order valence-corrected chi connectivity index (χ4v) is 1.36. The topological polar surface area (TPSA) is 18.5 Å². The van der Waals surface area contributed by atoms with Crippen LogP contribution in [-0.2, 0) is 9.47 Å². The molecule has 0 aromatic carbocycles. The van der Waals surface area contributed by atoms with Gasteiger partial charge in [0.1, 0.15) is 11.9 Å². The third-order valence-corrected chi connectivity index (χ3v) is 2.36. The van der Waals surface area contributed by atoms with Gasteiger partial charge in [-0.2, -0.15) is 0 Å². The minimum atomic E-state index is 0.110. The van der Waals surface area contributed by atoms with Gasteiger partial charge in [0.15, 0.2) is 0 Å². The van der Waals surface area contributed by atoms with Gasteiger partial charge in [0.05, 0.1) is 7.11 Å². The van der Waals surface area contributed by atoms with Crippen LogP contribution in [0.5, 0.6) is 0 Å². The molecule has 68 valence electrons. The fraction of sp³-hybridized carbons (Fsp3) is 0.600. The van der Waals surface area contributed by atoms with Gasteiger partial charge < -0.3 is 9.47 Å². The van der Waals surface area contributed by atoms with E-state index in [1.54, 1.807) is 14.2 Å². The summed E-state index contributed by atoms with van der Waals surface area (Å²) < 4.78 is 10.5. The highest BCUT2D eigenvalue weighted by atomic mass is 16.5. The Morgan fingerprint density at radius 2 is 2.00 bits per heavy atom. The van der Waals surface area contributed by atoms with E-state index < -0.39 is 0 Å². The molecule has 0 bridgehead atoms. The molecule has 0 aliphatic heterocycles. The number of methoxy groups -OCH3 is 2. The van der Waals surface area contributed by atoms with E-state index >= 15 is 0 Å². The zero-order valence-electron chi connectivity index (χ0n) is 8.18. The first-order valence-corrected chi connectivity index (χ1v) is 4.13. The van der Waals surface area contributed by atoms with Crippen molar-refractivity contribution in [3.05, 3.63) is 23.0 Å². The second-order valence-corrected chi connectivity index (χ2v) is 3.14. The Labute approximate surface area is 73.9 Å². The summed E-state index contributed by atoms with van der Waals surface area (Å²) >= 11 is 0. The van der Waals surface area contributed by atoms with Crippen molar-refractivity contribution in [1.82, 2.24) is 0 Å². The van der Waals surface area contributed by atoms with Crippen molar-refractivity contribution in [1.29, 1.82) is 0 Å². The largest absolute Gasteiger partial charge is 0.498 e. The number of hydrogen-bond acceptors (Lipinski definition) is 2. The van der Waals surface area contributed by atoms with Crippen molar-refractivity contribution in [3.8, 4) is 0 Å². The molecule has 0 fully saturated rings. The Morgan fingerprint density at radius 3 is 2.50 bits per heavy atom. The van der Waals surface area contributed by atoms with Gasteiger partial charge in [-0.3, -0.25) is 0 Å². The van der Waals surface area contributed by atoms with Crippen molar-refractivity contribution in [2.45, 2.75) is 26.4 Å². The third kappa shape index (κ3) is 1.69. The lowest BCUT2D eigenvalue weighted by Crippen LogP contribution is -2.19. The highest BCUT2D eigenvalue weighted by Gasteiger charge is 2.19. The van der Waals surface area contributed by atoms with Gasteiger partial charge in [-0.05, 0) is 25.5 Å². The zero-order chi connectivity index (χ0) is 9.14. The van der Waals surface area contributed by atoms with Crippen LogP contribution >= 0.6 is 0 Å². The monoisotopic (exact) mass is 168 g/mol. The van der Waals surface area contributed by atoms with E-state index in [2.05, 4.69) is 13.8 Å². The van der Waals surface area contributed by atoms with Crippen LogP contribution in [-0.4, -0.2) is 20.3 Å². The Kier molecular flexibility index (Phi) is 2.93. The lowest BCUT2D eigenvalue weighted by molar-refractivity contribution is 0.0769. The summed E-state index contributed by atoms with van der Waals surface area (Å²) in [5.41, 5.74) is 2.67. The minimum absolute atomic E-state index is 0.110. The summed E-state index contributed by atoms with van der Waals surface area (Å²) in [4.78, 5) is 0. The van der Waals surface area contributed by atoms with Gasteiger partial charge in [-0.25, -0.2) is 0 Å². The highest BCUT2D eigenvalue weighted by Crippen LogP contribution is 2.25. The van der Waals surface area contributed by atoms with Crippen LogP contribution in [0.15, 0.2) is 23.0 Å². The number of rotatable bonds is 2. The van der Waals surface area contributed by atoms with Crippen molar-refractivity contribution >= 4 is 0 Å². The SMILES string of the molecule is COC1=CC(C)=C(C)CC1OC. The molecule has 2 heteroatoms. The van der Waals surface area contributed by atoms with E-state index in [0.29, 0.717) is 0 Å². The van der Waals surface area contributed by atoms with Crippen LogP contribution in [0.1, 0.15) is 20.3 Å². The molecular weight excluding hydrogens is 152 g/mol. The molecule has 0 saturated carbocycles. The maximum absolute atomic E-state index is 5.29. The zero-order valence-corrected chi connectivity index (χ0v) is 8.18. The van der Waals surface area contributed by atoms with E-state index in [9.17, 15) is 0 Å². The second-order valence-electron chi connectivity index (χ2n) is 3.14.